The SMILES string of the molecule is CC(C)(C)OC(=O)N1CCN(Cc2ccccc2)C[C@H]1Cc1c[nH]c2ccccc12. The van der Waals surface area contributed by atoms with Crippen molar-refractivity contribution in [2.45, 2.75) is 45.4 Å². The zero-order valence-corrected chi connectivity index (χ0v) is 18.1. The van der Waals surface area contributed by atoms with Crippen LogP contribution in [0.15, 0.2) is 60.8 Å². The third-order valence-corrected chi connectivity index (χ3v) is 5.57. The lowest BCUT2D eigenvalue weighted by molar-refractivity contribution is -0.00228. The lowest BCUT2D eigenvalue weighted by atomic mass is 10.0. The molecule has 1 N–H and O–H groups in total. The minimum atomic E-state index is -0.496. The second kappa shape index (κ2) is 8.52. The summed E-state index contributed by atoms with van der Waals surface area (Å²) in [5, 5.41) is 1.22. The molecule has 1 aliphatic rings. The van der Waals surface area contributed by atoms with E-state index in [1.807, 2.05) is 37.8 Å². The van der Waals surface area contributed by atoms with Crippen LogP contribution >= 0.6 is 0 Å². The van der Waals surface area contributed by atoms with Crippen LogP contribution in [0.4, 0.5) is 4.79 Å². The van der Waals surface area contributed by atoms with E-state index >= 15 is 0 Å². The van der Waals surface area contributed by atoms with Gasteiger partial charge in [0.2, 0.25) is 0 Å². The summed E-state index contributed by atoms with van der Waals surface area (Å²) < 4.78 is 5.73. The normalized spacial score (nSPS) is 18.0. The van der Waals surface area contributed by atoms with Crippen LogP contribution in [0.1, 0.15) is 31.9 Å². The van der Waals surface area contributed by atoms with Gasteiger partial charge >= 0.3 is 6.09 Å². The number of amides is 1. The number of para-hydroxylation sites is 1. The van der Waals surface area contributed by atoms with Crippen LogP contribution in [0, 0.1) is 0 Å². The fourth-order valence-electron chi connectivity index (χ4n) is 4.19. The number of benzene rings is 2. The molecule has 3 aromatic rings. The van der Waals surface area contributed by atoms with Crippen LogP contribution in [-0.4, -0.2) is 52.2 Å². The molecule has 1 atom stereocenters. The molecule has 5 heteroatoms. The molecule has 1 aliphatic heterocycles. The van der Waals surface area contributed by atoms with Gasteiger partial charge in [0.25, 0.3) is 0 Å². The fraction of sp³-hybridized carbons (Fsp3) is 0.400. The van der Waals surface area contributed by atoms with Gasteiger partial charge in [-0.05, 0) is 44.4 Å². The average molecular weight is 406 g/mol. The number of nitrogens with zero attached hydrogens (tertiary/aromatic N) is 2. The Bertz CT molecular complexity index is 990. The molecular formula is C25H31N3O2. The Morgan fingerprint density at radius 3 is 2.57 bits per heavy atom. The van der Waals surface area contributed by atoms with Crippen molar-refractivity contribution in [2.24, 2.45) is 0 Å². The monoisotopic (exact) mass is 405 g/mol. The van der Waals surface area contributed by atoms with Crippen molar-refractivity contribution < 1.29 is 9.53 Å². The molecule has 0 bridgehead atoms. The minimum Gasteiger partial charge on any atom is -0.444 e. The Hall–Kier alpha value is -2.79. The summed E-state index contributed by atoms with van der Waals surface area (Å²) in [6.45, 7) is 9.01. The molecule has 2 heterocycles. The van der Waals surface area contributed by atoms with Crippen LogP contribution < -0.4 is 0 Å². The van der Waals surface area contributed by atoms with Gasteiger partial charge in [0.1, 0.15) is 5.60 Å². The zero-order valence-electron chi connectivity index (χ0n) is 18.1. The maximum Gasteiger partial charge on any atom is 0.410 e. The van der Waals surface area contributed by atoms with E-state index in [-0.39, 0.29) is 12.1 Å². The van der Waals surface area contributed by atoms with Crippen molar-refractivity contribution in [3.8, 4) is 0 Å². The second-order valence-electron chi connectivity index (χ2n) is 9.11. The first-order valence-corrected chi connectivity index (χ1v) is 10.7. The van der Waals surface area contributed by atoms with E-state index < -0.39 is 5.60 Å². The molecule has 1 amide bonds. The summed E-state index contributed by atoms with van der Waals surface area (Å²) in [6.07, 6.45) is 2.66. The molecule has 0 spiro atoms. The van der Waals surface area contributed by atoms with Crippen LogP contribution in [0.25, 0.3) is 10.9 Å². The Kier molecular flexibility index (Phi) is 5.82. The number of carbonyl (C=O) groups is 1. The summed E-state index contributed by atoms with van der Waals surface area (Å²) in [4.78, 5) is 20.7. The molecule has 0 aliphatic carbocycles. The van der Waals surface area contributed by atoms with Crippen molar-refractivity contribution in [1.82, 2.24) is 14.8 Å². The minimum absolute atomic E-state index is 0.0662. The smallest absolute Gasteiger partial charge is 0.410 e. The molecule has 4 rings (SSSR count). The number of hydrogen-bond donors (Lipinski definition) is 1. The average Bonchev–Trinajstić information content (AvgIpc) is 3.11. The van der Waals surface area contributed by atoms with E-state index in [4.69, 9.17) is 4.74 Å². The fourth-order valence-corrected chi connectivity index (χ4v) is 4.19. The second-order valence-corrected chi connectivity index (χ2v) is 9.11. The molecule has 2 aromatic carbocycles. The Labute approximate surface area is 178 Å². The van der Waals surface area contributed by atoms with Gasteiger partial charge in [0.05, 0.1) is 6.04 Å². The molecule has 1 fully saturated rings. The molecular weight excluding hydrogens is 374 g/mol. The third-order valence-electron chi connectivity index (χ3n) is 5.57. The van der Waals surface area contributed by atoms with E-state index in [9.17, 15) is 4.79 Å². The van der Waals surface area contributed by atoms with Crippen LogP contribution in [-0.2, 0) is 17.7 Å². The highest BCUT2D eigenvalue weighted by Crippen LogP contribution is 2.24. The molecule has 5 nitrogen and oxygen atoms in total. The number of ether oxygens (including phenoxy) is 1. The quantitative estimate of drug-likeness (QED) is 0.676. The van der Waals surface area contributed by atoms with Gasteiger partial charge in [-0.15, -0.1) is 0 Å². The topological polar surface area (TPSA) is 48.6 Å². The lowest BCUT2D eigenvalue weighted by Crippen LogP contribution is -2.56. The van der Waals surface area contributed by atoms with Crippen LogP contribution in [0.3, 0.4) is 0 Å². The van der Waals surface area contributed by atoms with E-state index in [0.717, 1.165) is 31.6 Å². The molecule has 0 saturated carbocycles. The first kappa shape index (κ1) is 20.5. The van der Waals surface area contributed by atoms with Gasteiger partial charge in [-0.2, -0.15) is 0 Å². The molecule has 158 valence electrons. The highest BCUT2D eigenvalue weighted by molar-refractivity contribution is 5.83. The van der Waals surface area contributed by atoms with Gasteiger partial charge in [0.15, 0.2) is 0 Å². The number of aromatic amines is 1. The predicted molar refractivity (Wildman–Crippen MR) is 120 cm³/mol. The number of aromatic nitrogens is 1. The van der Waals surface area contributed by atoms with E-state index in [1.165, 1.54) is 16.5 Å². The number of rotatable bonds is 4. The maximum atomic E-state index is 13.0. The largest absolute Gasteiger partial charge is 0.444 e. The molecule has 1 saturated heterocycles. The number of H-pyrrole nitrogens is 1. The van der Waals surface area contributed by atoms with Gasteiger partial charge in [-0.3, -0.25) is 4.90 Å². The van der Waals surface area contributed by atoms with Crippen molar-refractivity contribution in [3.63, 3.8) is 0 Å². The van der Waals surface area contributed by atoms with Gasteiger partial charge in [-0.1, -0.05) is 48.5 Å². The van der Waals surface area contributed by atoms with E-state index in [0.29, 0.717) is 6.54 Å². The van der Waals surface area contributed by atoms with Gasteiger partial charge < -0.3 is 14.6 Å². The van der Waals surface area contributed by atoms with Crippen molar-refractivity contribution >= 4 is 17.0 Å². The Morgan fingerprint density at radius 2 is 1.80 bits per heavy atom. The summed E-state index contributed by atoms with van der Waals surface area (Å²) in [5.74, 6) is 0. The first-order valence-electron chi connectivity index (χ1n) is 10.7. The van der Waals surface area contributed by atoms with Crippen molar-refractivity contribution in [2.75, 3.05) is 19.6 Å². The molecule has 0 unspecified atom stereocenters. The lowest BCUT2D eigenvalue weighted by Gasteiger charge is -2.42. The Morgan fingerprint density at radius 1 is 1.07 bits per heavy atom. The summed E-state index contributed by atoms with van der Waals surface area (Å²) in [6, 6.07) is 18.9. The molecule has 30 heavy (non-hydrogen) atoms. The maximum absolute atomic E-state index is 13.0. The summed E-state index contributed by atoms with van der Waals surface area (Å²) in [5.41, 5.74) is 3.18. The number of carbonyl (C=O) groups excluding carboxylic acids is 1. The van der Waals surface area contributed by atoms with E-state index in [2.05, 4.69) is 58.5 Å². The van der Waals surface area contributed by atoms with E-state index in [1.54, 1.807) is 0 Å². The molecule has 1 aromatic heterocycles. The first-order chi connectivity index (χ1) is 14.4. The number of hydrogen-bond acceptors (Lipinski definition) is 3. The number of piperazine rings is 1. The Balaban J connectivity index is 1.55. The highest BCUT2D eigenvalue weighted by atomic mass is 16.6. The predicted octanol–water partition coefficient (Wildman–Crippen LogP) is 4.83. The summed E-state index contributed by atoms with van der Waals surface area (Å²) >= 11 is 0. The number of fused-ring (bicyclic) bond motifs is 1. The molecule has 0 radical (unpaired) electrons. The van der Waals surface area contributed by atoms with Crippen molar-refractivity contribution in [1.29, 1.82) is 0 Å². The van der Waals surface area contributed by atoms with Gasteiger partial charge in [0, 0.05) is 43.3 Å². The van der Waals surface area contributed by atoms with Crippen LogP contribution in [0.5, 0.6) is 0 Å². The van der Waals surface area contributed by atoms with Gasteiger partial charge in [-0.25, -0.2) is 4.79 Å². The summed E-state index contributed by atoms with van der Waals surface area (Å²) in [7, 11) is 0. The van der Waals surface area contributed by atoms with Crippen LogP contribution in [0.2, 0.25) is 0 Å². The zero-order chi connectivity index (χ0) is 21.1. The third kappa shape index (κ3) is 4.85. The standard InChI is InChI=1S/C25H31N3O2/c1-25(2,3)30-24(29)28-14-13-27(17-19-9-5-4-6-10-19)18-21(28)15-20-16-26-23-12-8-7-11-22(20)23/h4-12,16,21,26H,13-15,17-18H2,1-3H3/t21-/m1/s1. The number of nitrogens with one attached hydrogen (secondary N) is 1. The highest BCUT2D eigenvalue weighted by Gasteiger charge is 2.33. The van der Waals surface area contributed by atoms with Crippen molar-refractivity contribution in [3.05, 3.63) is 71.9 Å².